The predicted octanol–water partition coefficient (Wildman–Crippen LogP) is 0.448. The van der Waals surface area contributed by atoms with Crippen molar-refractivity contribution in [3.63, 3.8) is 0 Å². The Bertz CT molecular complexity index is 446. The summed E-state index contributed by atoms with van der Waals surface area (Å²) in [5, 5.41) is 3.32. The first-order valence-corrected chi connectivity index (χ1v) is 6.03. The minimum atomic E-state index is -1.24. The van der Waals surface area contributed by atoms with Gasteiger partial charge in [-0.2, -0.15) is 0 Å². The quantitative estimate of drug-likeness (QED) is 0.236. The molecule has 1 heterocycles. The molecule has 1 unspecified atom stereocenters. The van der Waals surface area contributed by atoms with E-state index in [2.05, 4.69) is 10.0 Å². The van der Waals surface area contributed by atoms with Crippen LogP contribution in [0.2, 0.25) is 0 Å². The van der Waals surface area contributed by atoms with Crippen molar-refractivity contribution in [2.24, 2.45) is 5.11 Å². The van der Waals surface area contributed by atoms with Crippen molar-refractivity contribution >= 4 is 17.9 Å². The van der Waals surface area contributed by atoms with Gasteiger partial charge in [0, 0.05) is 25.7 Å². The molecule has 0 aromatic carbocycles. The van der Waals surface area contributed by atoms with Crippen molar-refractivity contribution in [3.05, 3.63) is 10.4 Å². The highest BCUT2D eigenvalue weighted by molar-refractivity contribution is 5.68. The molecular weight excluding hydrogens is 286 g/mol. The fourth-order valence-electron chi connectivity index (χ4n) is 1.86. The Morgan fingerprint density at radius 3 is 2.05 bits per heavy atom. The molecule has 1 saturated heterocycles. The molecule has 0 aliphatic carbocycles. The predicted molar refractivity (Wildman–Crippen MR) is 65.5 cm³/mol. The third-order valence-electron chi connectivity index (χ3n) is 2.48. The zero-order chi connectivity index (χ0) is 16.0. The van der Waals surface area contributed by atoms with Crippen LogP contribution in [0.15, 0.2) is 5.11 Å². The summed E-state index contributed by atoms with van der Waals surface area (Å²) < 4.78 is 20.2. The Labute approximate surface area is 119 Å². The van der Waals surface area contributed by atoms with Crippen LogP contribution in [0.3, 0.4) is 0 Å². The van der Waals surface area contributed by atoms with E-state index in [1.165, 1.54) is 0 Å². The Hall–Kier alpha value is -2.32. The van der Waals surface area contributed by atoms with E-state index >= 15 is 0 Å². The molecule has 1 rings (SSSR count). The molecule has 10 heteroatoms. The van der Waals surface area contributed by atoms with Gasteiger partial charge in [0.1, 0.15) is 6.10 Å². The molecule has 4 atom stereocenters. The maximum absolute atomic E-state index is 11.1. The highest BCUT2D eigenvalue weighted by Crippen LogP contribution is 2.28. The average Bonchev–Trinajstić information content (AvgIpc) is 2.63. The maximum Gasteiger partial charge on any atom is 0.305 e. The second-order valence-electron chi connectivity index (χ2n) is 4.21. The molecule has 1 fully saturated rings. The zero-order valence-corrected chi connectivity index (χ0v) is 11.7. The van der Waals surface area contributed by atoms with Crippen molar-refractivity contribution < 1.29 is 33.3 Å². The summed E-state index contributed by atoms with van der Waals surface area (Å²) in [6.07, 6.45) is -4.30. The molecule has 0 aromatic heterocycles. The van der Waals surface area contributed by atoms with E-state index in [1.54, 1.807) is 0 Å². The van der Waals surface area contributed by atoms with Gasteiger partial charge in [0.25, 0.3) is 0 Å². The number of azide groups is 1. The minimum absolute atomic E-state index is 0.177. The summed E-state index contributed by atoms with van der Waals surface area (Å²) in [4.78, 5) is 35.9. The van der Waals surface area contributed by atoms with Crippen LogP contribution in [0.1, 0.15) is 20.8 Å². The molecule has 0 aromatic rings. The Morgan fingerprint density at radius 1 is 1.05 bits per heavy atom. The highest BCUT2D eigenvalue weighted by Gasteiger charge is 2.50. The number of carbonyl (C=O) groups excluding carboxylic acids is 3. The lowest BCUT2D eigenvalue weighted by Crippen LogP contribution is -2.41. The molecule has 0 saturated carbocycles. The third-order valence-corrected chi connectivity index (χ3v) is 2.48. The van der Waals surface area contributed by atoms with Crippen LogP contribution in [0.25, 0.3) is 10.4 Å². The van der Waals surface area contributed by atoms with Gasteiger partial charge in [-0.1, -0.05) is 5.11 Å². The smallest absolute Gasteiger partial charge is 0.305 e. The van der Waals surface area contributed by atoms with E-state index in [-0.39, 0.29) is 6.54 Å². The fraction of sp³-hybridized carbons (Fsp3) is 0.727. The molecular formula is C11H15N3O7. The van der Waals surface area contributed by atoms with Crippen molar-refractivity contribution in [1.29, 1.82) is 0 Å². The standard InChI is InChI=1S/C11H15N3O7/c1-5(15)18-9-8(4-13-14-12)21-11(20-7(3)17)10(9)19-6(2)16/h8-11H,4H2,1-3H3/t8-,9+,10?,11-/m1/s1. The lowest BCUT2D eigenvalue weighted by atomic mass is 10.1. The molecule has 0 radical (unpaired) electrons. The Morgan fingerprint density at radius 2 is 1.57 bits per heavy atom. The molecule has 0 amide bonds. The van der Waals surface area contributed by atoms with Gasteiger partial charge in [0.2, 0.25) is 12.4 Å². The number of hydrogen-bond acceptors (Lipinski definition) is 8. The van der Waals surface area contributed by atoms with Crippen molar-refractivity contribution in [2.45, 2.75) is 45.4 Å². The Balaban J connectivity index is 2.98. The average molecular weight is 301 g/mol. The molecule has 1 aliphatic rings. The van der Waals surface area contributed by atoms with E-state index in [1.807, 2.05) is 0 Å². The summed E-state index contributed by atoms with van der Waals surface area (Å²) in [6, 6.07) is 0. The van der Waals surface area contributed by atoms with Crippen LogP contribution >= 0.6 is 0 Å². The number of hydrogen-bond donors (Lipinski definition) is 0. The molecule has 0 bridgehead atoms. The van der Waals surface area contributed by atoms with Crippen LogP contribution < -0.4 is 0 Å². The summed E-state index contributed by atoms with van der Waals surface area (Å²) in [5.74, 6) is -1.97. The topological polar surface area (TPSA) is 137 Å². The van der Waals surface area contributed by atoms with Crippen molar-refractivity contribution in [2.75, 3.05) is 6.54 Å². The lowest BCUT2D eigenvalue weighted by Gasteiger charge is -2.22. The van der Waals surface area contributed by atoms with Crippen LogP contribution in [0.5, 0.6) is 0 Å². The monoisotopic (exact) mass is 301 g/mol. The van der Waals surface area contributed by atoms with E-state index in [9.17, 15) is 14.4 Å². The van der Waals surface area contributed by atoms with Crippen molar-refractivity contribution in [1.82, 2.24) is 0 Å². The third kappa shape index (κ3) is 4.93. The van der Waals surface area contributed by atoms with E-state index in [0.717, 1.165) is 20.8 Å². The summed E-state index contributed by atoms with van der Waals surface area (Å²) in [5.41, 5.74) is 8.34. The minimum Gasteiger partial charge on any atom is -0.456 e. The summed E-state index contributed by atoms with van der Waals surface area (Å²) >= 11 is 0. The molecule has 1 aliphatic heterocycles. The zero-order valence-electron chi connectivity index (χ0n) is 11.7. The summed E-state index contributed by atoms with van der Waals surface area (Å²) in [6.45, 7) is 3.28. The number of nitrogens with zero attached hydrogens (tertiary/aromatic N) is 3. The lowest BCUT2D eigenvalue weighted by molar-refractivity contribution is -0.195. The fourth-order valence-corrected chi connectivity index (χ4v) is 1.86. The van der Waals surface area contributed by atoms with E-state index in [4.69, 9.17) is 24.5 Å². The molecule has 0 spiro atoms. The number of rotatable bonds is 5. The molecule has 21 heavy (non-hydrogen) atoms. The second-order valence-corrected chi connectivity index (χ2v) is 4.21. The van der Waals surface area contributed by atoms with E-state index in [0.29, 0.717) is 0 Å². The second kappa shape index (κ2) is 7.46. The van der Waals surface area contributed by atoms with Crippen LogP contribution in [0.4, 0.5) is 0 Å². The largest absolute Gasteiger partial charge is 0.456 e. The van der Waals surface area contributed by atoms with Crippen LogP contribution in [0, 0.1) is 0 Å². The van der Waals surface area contributed by atoms with Gasteiger partial charge in [-0.15, -0.1) is 0 Å². The first kappa shape index (κ1) is 16.7. The van der Waals surface area contributed by atoms with Gasteiger partial charge in [-0.25, -0.2) is 0 Å². The molecule has 116 valence electrons. The molecule has 10 nitrogen and oxygen atoms in total. The van der Waals surface area contributed by atoms with Gasteiger partial charge >= 0.3 is 17.9 Å². The number of carbonyl (C=O) groups is 3. The van der Waals surface area contributed by atoms with Crippen LogP contribution in [-0.4, -0.2) is 49.1 Å². The van der Waals surface area contributed by atoms with Gasteiger partial charge < -0.3 is 18.9 Å². The SMILES string of the molecule is CC(=O)OC1[C@H](OC(C)=O)O[C@H](CN=[N+]=[N-])[C@@H]1OC(C)=O. The van der Waals surface area contributed by atoms with Crippen molar-refractivity contribution in [3.8, 4) is 0 Å². The first-order valence-electron chi connectivity index (χ1n) is 6.03. The number of ether oxygens (including phenoxy) is 4. The highest BCUT2D eigenvalue weighted by atomic mass is 16.7. The maximum atomic E-state index is 11.1. The van der Waals surface area contributed by atoms with Gasteiger partial charge in [0.15, 0.2) is 6.10 Å². The Kier molecular flexibility index (Phi) is 5.94. The van der Waals surface area contributed by atoms with Gasteiger partial charge in [-0.3, -0.25) is 14.4 Å². The first-order chi connectivity index (χ1) is 9.85. The summed E-state index contributed by atoms with van der Waals surface area (Å²) in [7, 11) is 0. The van der Waals surface area contributed by atoms with Crippen LogP contribution in [-0.2, 0) is 33.3 Å². The van der Waals surface area contributed by atoms with E-state index < -0.39 is 42.5 Å². The normalized spacial score (nSPS) is 27.4. The number of esters is 3. The van der Waals surface area contributed by atoms with Gasteiger partial charge in [0.05, 0.1) is 6.54 Å². The van der Waals surface area contributed by atoms with Gasteiger partial charge in [-0.05, 0) is 5.53 Å². The molecule has 0 N–H and O–H groups in total.